The molecule has 0 saturated carbocycles. The number of nitrogens with one attached hydrogen (secondary N) is 1. The normalized spacial score (nSPS) is 9.83. The van der Waals surface area contributed by atoms with E-state index in [1.807, 2.05) is 23.9 Å². The molecule has 0 saturated heterocycles. The van der Waals surface area contributed by atoms with Gasteiger partial charge in [-0.3, -0.25) is 10.3 Å². The van der Waals surface area contributed by atoms with Crippen molar-refractivity contribution in [2.24, 2.45) is 0 Å². The van der Waals surface area contributed by atoms with Gasteiger partial charge in [-0.15, -0.1) is 0 Å². The molecule has 0 aliphatic heterocycles. The summed E-state index contributed by atoms with van der Waals surface area (Å²) in [6.45, 7) is 0. The molecule has 0 spiro atoms. The van der Waals surface area contributed by atoms with Crippen LogP contribution in [0.15, 0.2) is 24.3 Å². The molecule has 0 radical (unpaired) electrons. The van der Waals surface area contributed by atoms with Gasteiger partial charge in [-0.25, -0.2) is 0 Å². The van der Waals surface area contributed by atoms with E-state index in [1.165, 1.54) is 5.56 Å². The van der Waals surface area contributed by atoms with E-state index in [-0.39, 0.29) is 0 Å². The number of thioether (sulfide) groups is 1. The number of benzene rings is 1. The monoisotopic (exact) mass is 183 g/mol. The second-order valence-corrected chi connectivity index (χ2v) is 3.31. The minimum atomic E-state index is 1.00. The SMILES string of the molecule is CONc1cccc(CSC)c1. The van der Waals surface area contributed by atoms with E-state index in [0.29, 0.717) is 0 Å². The Hall–Kier alpha value is -0.670. The van der Waals surface area contributed by atoms with Crippen molar-refractivity contribution in [1.29, 1.82) is 0 Å². The topological polar surface area (TPSA) is 21.3 Å². The first-order valence-corrected chi connectivity index (χ1v) is 5.13. The van der Waals surface area contributed by atoms with Crippen LogP contribution >= 0.6 is 11.8 Å². The quantitative estimate of drug-likeness (QED) is 0.725. The summed E-state index contributed by atoms with van der Waals surface area (Å²) in [7, 11) is 1.61. The second-order valence-electron chi connectivity index (χ2n) is 2.44. The van der Waals surface area contributed by atoms with Gasteiger partial charge in [0.2, 0.25) is 0 Å². The third kappa shape index (κ3) is 2.75. The van der Waals surface area contributed by atoms with Gasteiger partial charge in [0.15, 0.2) is 0 Å². The van der Waals surface area contributed by atoms with Gasteiger partial charge in [0, 0.05) is 5.75 Å². The fourth-order valence-corrected chi connectivity index (χ4v) is 1.52. The largest absolute Gasteiger partial charge is 0.279 e. The fraction of sp³-hybridized carbons (Fsp3) is 0.333. The smallest absolute Gasteiger partial charge is 0.0636 e. The summed E-state index contributed by atoms with van der Waals surface area (Å²) in [6, 6.07) is 8.19. The summed E-state index contributed by atoms with van der Waals surface area (Å²) in [5.74, 6) is 1.04. The molecule has 0 heterocycles. The summed E-state index contributed by atoms with van der Waals surface area (Å²) < 4.78 is 0. The van der Waals surface area contributed by atoms with E-state index in [0.717, 1.165) is 11.4 Å². The first-order valence-electron chi connectivity index (χ1n) is 3.73. The molecule has 2 nitrogen and oxygen atoms in total. The van der Waals surface area contributed by atoms with Crippen molar-refractivity contribution in [2.75, 3.05) is 18.8 Å². The van der Waals surface area contributed by atoms with E-state index in [4.69, 9.17) is 4.84 Å². The van der Waals surface area contributed by atoms with Crippen LogP contribution in [0.2, 0.25) is 0 Å². The Balaban J connectivity index is 2.67. The molecule has 0 amide bonds. The van der Waals surface area contributed by atoms with Crippen LogP contribution < -0.4 is 5.48 Å². The van der Waals surface area contributed by atoms with Crippen LogP contribution in [0.4, 0.5) is 5.69 Å². The highest BCUT2D eigenvalue weighted by molar-refractivity contribution is 7.97. The molecule has 0 aromatic heterocycles. The molecule has 66 valence electrons. The van der Waals surface area contributed by atoms with Crippen LogP contribution in [0, 0.1) is 0 Å². The predicted molar refractivity (Wildman–Crippen MR) is 54.3 cm³/mol. The minimum Gasteiger partial charge on any atom is -0.279 e. The standard InChI is InChI=1S/C9H13NOS/c1-11-10-9-5-3-4-8(6-9)7-12-2/h3-6,10H,7H2,1-2H3. The third-order valence-electron chi connectivity index (χ3n) is 1.46. The maximum atomic E-state index is 4.80. The van der Waals surface area contributed by atoms with Crippen molar-refractivity contribution in [2.45, 2.75) is 5.75 Å². The summed E-state index contributed by atoms with van der Waals surface area (Å²) in [5.41, 5.74) is 5.11. The summed E-state index contributed by atoms with van der Waals surface area (Å²) in [4.78, 5) is 4.80. The molecule has 1 N–H and O–H groups in total. The summed E-state index contributed by atoms with van der Waals surface area (Å²) >= 11 is 1.81. The van der Waals surface area contributed by atoms with Gasteiger partial charge in [0.25, 0.3) is 0 Å². The van der Waals surface area contributed by atoms with E-state index in [2.05, 4.69) is 23.9 Å². The molecular formula is C9H13NOS. The predicted octanol–water partition coefficient (Wildman–Crippen LogP) is 2.52. The Morgan fingerprint density at radius 1 is 1.50 bits per heavy atom. The van der Waals surface area contributed by atoms with Crippen LogP contribution in [0.5, 0.6) is 0 Å². The van der Waals surface area contributed by atoms with Crippen molar-refractivity contribution in [1.82, 2.24) is 0 Å². The zero-order chi connectivity index (χ0) is 8.81. The molecule has 0 bridgehead atoms. The van der Waals surface area contributed by atoms with Gasteiger partial charge in [-0.1, -0.05) is 12.1 Å². The van der Waals surface area contributed by atoms with Crippen molar-refractivity contribution < 1.29 is 4.84 Å². The second kappa shape index (κ2) is 5.06. The van der Waals surface area contributed by atoms with Crippen LogP contribution in [0.3, 0.4) is 0 Å². The minimum absolute atomic E-state index is 1.00. The van der Waals surface area contributed by atoms with Crippen molar-refractivity contribution >= 4 is 17.4 Å². The molecule has 3 heteroatoms. The molecule has 1 aromatic rings. The molecule has 0 aliphatic rings. The molecular weight excluding hydrogens is 170 g/mol. The van der Waals surface area contributed by atoms with Crippen LogP contribution in [0.1, 0.15) is 5.56 Å². The molecule has 1 aromatic carbocycles. The zero-order valence-electron chi connectivity index (χ0n) is 7.33. The van der Waals surface area contributed by atoms with Gasteiger partial charge in [-0.05, 0) is 24.0 Å². The highest BCUT2D eigenvalue weighted by Crippen LogP contribution is 2.14. The third-order valence-corrected chi connectivity index (χ3v) is 2.08. The van der Waals surface area contributed by atoms with Gasteiger partial charge in [-0.2, -0.15) is 11.8 Å². The van der Waals surface area contributed by atoms with E-state index in [1.54, 1.807) is 7.11 Å². The molecule has 12 heavy (non-hydrogen) atoms. The Bertz CT molecular complexity index is 218. The number of anilines is 1. The van der Waals surface area contributed by atoms with E-state index >= 15 is 0 Å². The highest BCUT2D eigenvalue weighted by Gasteiger charge is 1.93. The maximum absolute atomic E-state index is 4.80. The van der Waals surface area contributed by atoms with Gasteiger partial charge < -0.3 is 0 Å². The lowest BCUT2D eigenvalue weighted by molar-refractivity contribution is 0.271. The van der Waals surface area contributed by atoms with E-state index < -0.39 is 0 Å². The van der Waals surface area contributed by atoms with Crippen molar-refractivity contribution in [3.05, 3.63) is 29.8 Å². The van der Waals surface area contributed by atoms with Crippen LogP contribution in [0.25, 0.3) is 0 Å². The Kier molecular flexibility index (Phi) is 3.97. The van der Waals surface area contributed by atoms with Crippen molar-refractivity contribution in [3.8, 4) is 0 Å². The van der Waals surface area contributed by atoms with Crippen LogP contribution in [-0.2, 0) is 10.6 Å². The number of hydrogen-bond donors (Lipinski definition) is 1. The van der Waals surface area contributed by atoms with Crippen molar-refractivity contribution in [3.63, 3.8) is 0 Å². The van der Waals surface area contributed by atoms with Gasteiger partial charge in [0.05, 0.1) is 12.8 Å². The van der Waals surface area contributed by atoms with Gasteiger partial charge >= 0.3 is 0 Å². The average Bonchev–Trinajstić information content (AvgIpc) is 2.06. The Labute approximate surface area is 77.3 Å². The Morgan fingerprint density at radius 2 is 2.33 bits per heavy atom. The average molecular weight is 183 g/mol. The van der Waals surface area contributed by atoms with Crippen LogP contribution in [-0.4, -0.2) is 13.4 Å². The lowest BCUT2D eigenvalue weighted by atomic mass is 10.2. The number of rotatable bonds is 4. The summed E-state index contributed by atoms with van der Waals surface area (Å²) in [5, 5.41) is 0. The highest BCUT2D eigenvalue weighted by atomic mass is 32.2. The number of hydrogen-bond acceptors (Lipinski definition) is 3. The Morgan fingerprint density at radius 3 is 3.00 bits per heavy atom. The molecule has 0 fully saturated rings. The lowest BCUT2D eigenvalue weighted by Gasteiger charge is -2.04. The molecule has 1 rings (SSSR count). The molecule has 0 aliphatic carbocycles. The molecule has 0 unspecified atom stereocenters. The summed E-state index contributed by atoms with van der Waals surface area (Å²) in [6.07, 6.45) is 2.09. The maximum Gasteiger partial charge on any atom is 0.0636 e. The van der Waals surface area contributed by atoms with Gasteiger partial charge in [0.1, 0.15) is 0 Å². The molecule has 0 atom stereocenters. The van der Waals surface area contributed by atoms with E-state index in [9.17, 15) is 0 Å². The first kappa shape index (κ1) is 9.42. The first-order chi connectivity index (χ1) is 5.86. The fourth-order valence-electron chi connectivity index (χ4n) is 1.01. The zero-order valence-corrected chi connectivity index (χ0v) is 8.15. The lowest BCUT2D eigenvalue weighted by Crippen LogP contribution is -1.95.